The number of guanidine groups is 1. The molecule has 2 aromatic carbocycles. The maximum atomic E-state index is 12.2. The summed E-state index contributed by atoms with van der Waals surface area (Å²) < 4.78 is 11.0. The summed E-state index contributed by atoms with van der Waals surface area (Å²) in [7, 11) is 3.34. The number of nitrogens with zero attached hydrogens (tertiary/aromatic N) is 1. The third-order valence-electron chi connectivity index (χ3n) is 5.08. The Kier molecular flexibility index (Phi) is 9.90. The van der Waals surface area contributed by atoms with Gasteiger partial charge in [0.25, 0.3) is 0 Å². The van der Waals surface area contributed by atoms with Crippen LogP contribution in [0.1, 0.15) is 31.7 Å². The first-order valence-electron chi connectivity index (χ1n) is 10.3. The Balaban J connectivity index is 0.00000341. The number of hydrogen-bond donors (Lipinski definition) is 3. The molecular formula is C23H31IN4O3. The van der Waals surface area contributed by atoms with E-state index in [2.05, 4.69) is 20.9 Å². The second kappa shape index (κ2) is 12.4. The third kappa shape index (κ3) is 7.02. The minimum atomic E-state index is 0. The van der Waals surface area contributed by atoms with Crippen molar-refractivity contribution in [2.45, 2.75) is 32.7 Å². The summed E-state index contributed by atoms with van der Waals surface area (Å²) in [5.41, 5.74) is 2.71. The topological polar surface area (TPSA) is 84.0 Å². The van der Waals surface area contributed by atoms with E-state index in [1.54, 1.807) is 14.2 Å². The van der Waals surface area contributed by atoms with E-state index in [0.29, 0.717) is 30.6 Å². The number of ether oxygens (including phenoxy) is 2. The zero-order valence-corrected chi connectivity index (χ0v) is 20.6. The minimum absolute atomic E-state index is 0. The number of halogens is 1. The van der Waals surface area contributed by atoms with E-state index in [-0.39, 0.29) is 35.8 Å². The normalized spacial score (nSPS) is 13.5. The van der Waals surface area contributed by atoms with Crippen molar-refractivity contribution in [3.63, 3.8) is 0 Å². The highest BCUT2D eigenvalue weighted by Gasteiger charge is 2.25. The summed E-state index contributed by atoms with van der Waals surface area (Å²) in [6.07, 6.45) is 3.13. The Bertz CT molecular complexity index is 900. The summed E-state index contributed by atoms with van der Waals surface area (Å²) >= 11 is 0. The predicted octanol–water partition coefficient (Wildman–Crippen LogP) is 4.64. The number of anilines is 2. The summed E-state index contributed by atoms with van der Waals surface area (Å²) in [6.45, 7) is 3.08. The first kappa shape index (κ1) is 24.8. The van der Waals surface area contributed by atoms with E-state index < -0.39 is 0 Å². The standard InChI is InChI=1S/C23H30N4O3.HI/c1-4-30-20-12-11-19(14-21(20)29-3)27-23(24-2)25-15-16-7-5-10-18(13-16)26-22(28)17-8-6-9-17;/h5,7,10-14,17H,4,6,8-9,15H2,1-3H3,(H,26,28)(H2,24,25,27);1H. The average Bonchev–Trinajstić information content (AvgIpc) is 2.71. The fourth-order valence-electron chi connectivity index (χ4n) is 3.20. The molecule has 0 aromatic heterocycles. The lowest BCUT2D eigenvalue weighted by molar-refractivity contribution is -0.122. The summed E-state index contributed by atoms with van der Waals surface area (Å²) in [6, 6.07) is 13.5. The number of carbonyl (C=O) groups excluding carboxylic acids is 1. The Morgan fingerprint density at radius 2 is 1.87 bits per heavy atom. The van der Waals surface area contributed by atoms with Crippen molar-refractivity contribution in [3.8, 4) is 11.5 Å². The quantitative estimate of drug-likeness (QED) is 0.259. The molecule has 3 rings (SSSR count). The molecule has 1 aliphatic carbocycles. The zero-order chi connectivity index (χ0) is 21.3. The van der Waals surface area contributed by atoms with Gasteiger partial charge in [-0.05, 0) is 49.6 Å². The summed E-state index contributed by atoms with van der Waals surface area (Å²) in [5.74, 6) is 2.28. The van der Waals surface area contributed by atoms with Crippen LogP contribution in [0.3, 0.4) is 0 Å². The van der Waals surface area contributed by atoms with E-state index in [4.69, 9.17) is 9.47 Å². The lowest BCUT2D eigenvalue weighted by Crippen LogP contribution is -2.30. The van der Waals surface area contributed by atoms with Gasteiger partial charge in [0.05, 0.1) is 13.7 Å². The van der Waals surface area contributed by atoms with Crippen LogP contribution in [0.5, 0.6) is 11.5 Å². The van der Waals surface area contributed by atoms with E-state index in [0.717, 1.165) is 36.2 Å². The molecule has 0 atom stereocenters. The number of nitrogens with one attached hydrogen (secondary N) is 3. The van der Waals surface area contributed by atoms with Gasteiger partial charge in [-0.3, -0.25) is 9.79 Å². The van der Waals surface area contributed by atoms with Gasteiger partial charge in [-0.1, -0.05) is 18.6 Å². The van der Waals surface area contributed by atoms with Gasteiger partial charge in [0.2, 0.25) is 5.91 Å². The Hall–Kier alpha value is -2.49. The van der Waals surface area contributed by atoms with Gasteiger partial charge in [0.1, 0.15) is 0 Å². The molecule has 3 N–H and O–H groups in total. The number of benzene rings is 2. The molecule has 0 radical (unpaired) electrons. The van der Waals surface area contributed by atoms with Crippen molar-refractivity contribution < 1.29 is 14.3 Å². The molecule has 2 aromatic rings. The van der Waals surface area contributed by atoms with Crippen LogP contribution in [0.25, 0.3) is 0 Å². The number of aliphatic imine (C=N–C) groups is 1. The van der Waals surface area contributed by atoms with Crippen molar-refractivity contribution in [3.05, 3.63) is 48.0 Å². The lowest BCUT2D eigenvalue weighted by Gasteiger charge is -2.24. The maximum Gasteiger partial charge on any atom is 0.227 e. The van der Waals surface area contributed by atoms with Crippen LogP contribution in [0.2, 0.25) is 0 Å². The first-order valence-corrected chi connectivity index (χ1v) is 10.3. The van der Waals surface area contributed by atoms with Crippen molar-refractivity contribution in [2.75, 3.05) is 31.4 Å². The minimum Gasteiger partial charge on any atom is -0.493 e. The maximum absolute atomic E-state index is 12.2. The van der Waals surface area contributed by atoms with E-state index in [1.165, 1.54) is 0 Å². The van der Waals surface area contributed by atoms with E-state index >= 15 is 0 Å². The fourth-order valence-corrected chi connectivity index (χ4v) is 3.20. The molecule has 1 fully saturated rings. The molecule has 0 bridgehead atoms. The molecule has 1 amide bonds. The van der Waals surface area contributed by atoms with Crippen LogP contribution in [-0.4, -0.2) is 32.6 Å². The molecule has 8 heteroatoms. The molecule has 1 aliphatic rings. The van der Waals surface area contributed by atoms with E-state index in [1.807, 2.05) is 49.4 Å². The molecule has 0 aliphatic heterocycles. The van der Waals surface area contributed by atoms with Gasteiger partial charge < -0.3 is 25.4 Å². The van der Waals surface area contributed by atoms with Crippen molar-refractivity contribution in [1.29, 1.82) is 0 Å². The average molecular weight is 538 g/mol. The van der Waals surface area contributed by atoms with Gasteiger partial charge in [0.15, 0.2) is 17.5 Å². The number of carbonyl (C=O) groups is 1. The molecule has 7 nitrogen and oxygen atoms in total. The van der Waals surface area contributed by atoms with Gasteiger partial charge in [-0.25, -0.2) is 0 Å². The predicted molar refractivity (Wildman–Crippen MR) is 136 cm³/mol. The zero-order valence-electron chi connectivity index (χ0n) is 18.2. The third-order valence-corrected chi connectivity index (χ3v) is 5.08. The molecule has 168 valence electrons. The SMILES string of the molecule is CCOc1ccc(NC(=NC)NCc2cccc(NC(=O)C3CCC3)c2)cc1OC.I. The molecule has 31 heavy (non-hydrogen) atoms. The van der Waals surface area contributed by atoms with Crippen LogP contribution < -0.4 is 25.4 Å². The number of methoxy groups -OCH3 is 1. The Morgan fingerprint density at radius 1 is 1.10 bits per heavy atom. The van der Waals surface area contributed by atoms with Gasteiger partial charge in [-0.2, -0.15) is 0 Å². The largest absolute Gasteiger partial charge is 0.493 e. The van der Waals surface area contributed by atoms with Crippen LogP contribution in [0.4, 0.5) is 11.4 Å². The van der Waals surface area contributed by atoms with Gasteiger partial charge in [0, 0.05) is 37.0 Å². The smallest absolute Gasteiger partial charge is 0.227 e. The van der Waals surface area contributed by atoms with Gasteiger partial charge in [-0.15, -0.1) is 24.0 Å². The summed E-state index contributed by atoms with van der Waals surface area (Å²) in [4.78, 5) is 16.4. The second-order valence-electron chi connectivity index (χ2n) is 7.17. The van der Waals surface area contributed by atoms with Gasteiger partial charge >= 0.3 is 0 Å². The molecule has 0 saturated heterocycles. The van der Waals surface area contributed by atoms with Crippen molar-refractivity contribution in [2.24, 2.45) is 10.9 Å². The number of rotatable bonds is 8. The molecule has 0 spiro atoms. The highest BCUT2D eigenvalue weighted by atomic mass is 127. The lowest BCUT2D eigenvalue weighted by atomic mass is 9.85. The fraction of sp³-hybridized carbons (Fsp3) is 0.391. The molecule has 0 unspecified atom stereocenters. The van der Waals surface area contributed by atoms with Crippen LogP contribution in [0.15, 0.2) is 47.5 Å². The molecular weight excluding hydrogens is 507 g/mol. The Labute approximate surface area is 201 Å². The molecule has 1 saturated carbocycles. The first-order chi connectivity index (χ1) is 14.6. The van der Waals surface area contributed by atoms with Crippen LogP contribution in [0, 0.1) is 5.92 Å². The Morgan fingerprint density at radius 3 is 2.52 bits per heavy atom. The number of amides is 1. The second-order valence-corrected chi connectivity index (χ2v) is 7.17. The summed E-state index contributed by atoms with van der Waals surface area (Å²) in [5, 5.41) is 9.56. The monoisotopic (exact) mass is 538 g/mol. The number of hydrogen-bond acceptors (Lipinski definition) is 4. The highest BCUT2D eigenvalue weighted by Crippen LogP contribution is 2.30. The highest BCUT2D eigenvalue weighted by molar-refractivity contribution is 14.0. The van der Waals surface area contributed by atoms with Crippen molar-refractivity contribution in [1.82, 2.24) is 5.32 Å². The van der Waals surface area contributed by atoms with Crippen LogP contribution in [-0.2, 0) is 11.3 Å². The van der Waals surface area contributed by atoms with Crippen molar-refractivity contribution >= 4 is 47.2 Å². The van der Waals surface area contributed by atoms with E-state index in [9.17, 15) is 4.79 Å². The van der Waals surface area contributed by atoms with Crippen LogP contribution >= 0.6 is 24.0 Å². The molecule has 0 heterocycles.